The van der Waals surface area contributed by atoms with Crippen molar-refractivity contribution in [2.45, 2.75) is 83.5 Å². The van der Waals surface area contributed by atoms with E-state index in [-0.39, 0.29) is 50.3 Å². The molecule has 1 aromatic heterocycles. The number of H-pyrrole nitrogens is 1. The smallest absolute Gasteiger partial charge is 0.318 e. The molecule has 53 heavy (non-hydrogen) atoms. The zero-order chi connectivity index (χ0) is 38.9. The molecule has 2 aromatic carbocycles. The van der Waals surface area contributed by atoms with Gasteiger partial charge in [0.05, 0.1) is 31.0 Å². The van der Waals surface area contributed by atoms with Gasteiger partial charge in [0.1, 0.15) is 5.75 Å². The summed E-state index contributed by atoms with van der Waals surface area (Å²) in [4.78, 5) is 87.0. The fourth-order valence-electron chi connectivity index (χ4n) is 5.68. The molecule has 0 radical (unpaired) electrons. The average molecular weight is 733 g/mol. The van der Waals surface area contributed by atoms with Gasteiger partial charge in [-0.05, 0) is 56.0 Å². The van der Waals surface area contributed by atoms with E-state index in [1.807, 2.05) is 30.3 Å². The van der Waals surface area contributed by atoms with Crippen molar-refractivity contribution in [1.29, 1.82) is 0 Å². The van der Waals surface area contributed by atoms with Crippen LogP contribution in [0.2, 0.25) is 0 Å². The average Bonchev–Trinajstić information content (AvgIpc) is 3.64. The molecule has 0 saturated heterocycles. The number of aromatic hydroxyl groups is 1. The molecular weight excluding hydrogens is 680 g/mol. The third kappa shape index (κ3) is 14.3. The van der Waals surface area contributed by atoms with E-state index in [2.05, 4.69) is 20.6 Å². The number of amides is 4. The Kier molecular flexibility index (Phi) is 16.8. The lowest BCUT2D eigenvalue weighted by Gasteiger charge is -2.26. The second-order valence-electron chi connectivity index (χ2n) is 13.4. The third-order valence-corrected chi connectivity index (χ3v) is 8.97. The van der Waals surface area contributed by atoms with Gasteiger partial charge in [0.15, 0.2) is 17.3 Å². The van der Waals surface area contributed by atoms with E-state index in [4.69, 9.17) is 17.2 Å². The van der Waals surface area contributed by atoms with E-state index in [9.17, 15) is 33.9 Å². The van der Waals surface area contributed by atoms with Gasteiger partial charge >= 0.3 is 6.03 Å². The summed E-state index contributed by atoms with van der Waals surface area (Å²) in [6.45, 7) is 3.09. The number of primary amides is 1. The maximum Gasteiger partial charge on any atom is 0.318 e. The van der Waals surface area contributed by atoms with Crippen LogP contribution in [0.5, 0.6) is 5.75 Å². The molecule has 3 aromatic rings. The van der Waals surface area contributed by atoms with Crippen molar-refractivity contribution in [1.82, 2.24) is 25.5 Å². The number of phenolic OH excluding ortho intramolecular Hbond substituents is 1. The molecule has 0 bridgehead atoms. The Morgan fingerprint density at radius 2 is 1.57 bits per heavy atom. The minimum Gasteiger partial charge on any atom is -0.508 e. The van der Waals surface area contributed by atoms with Crippen molar-refractivity contribution in [2.75, 3.05) is 13.1 Å². The fraction of sp³-hybridized carbons (Fsp3) is 0.447. The van der Waals surface area contributed by atoms with Gasteiger partial charge in [0.25, 0.3) is 0 Å². The predicted molar refractivity (Wildman–Crippen MR) is 198 cm³/mol. The summed E-state index contributed by atoms with van der Waals surface area (Å²) in [7, 11) is 0. The van der Waals surface area contributed by atoms with Gasteiger partial charge in [-0.25, -0.2) is 9.78 Å². The zero-order valence-corrected chi connectivity index (χ0v) is 30.3. The first-order valence-corrected chi connectivity index (χ1v) is 17.7. The molecule has 3 rings (SSSR count). The van der Waals surface area contributed by atoms with Crippen LogP contribution in [0.25, 0.3) is 0 Å². The Balaban J connectivity index is 1.66. The number of hydrogen-bond donors (Lipinski definition) is 7. The summed E-state index contributed by atoms with van der Waals surface area (Å²) in [6, 6.07) is 11.6. The second kappa shape index (κ2) is 21.2. The Labute approximate surface area is 309 Å². The first kappa shape index (κ1) is 42.0. The predicted octanol–water partition coefficient (Wildman–Crippen LogP) is 1.67. The first-order chi connectivity index (χ1) is 25.3. The number of aromatic amines is 1. The Hall–Kier alpha value is -5.41. The Morgan fingerprint density at radius 1 is 0.868 bits per heavy atom. The van der Waals surface area contributed by atoms with Gasteiger partial charge in [-0.15, -0.1) is 0 Å². The van der Waals surface area contributed by atoms with E-state index in [1.165, 1.54) is 30.3 Å². The van der Waals surface area contributed by atoms with Crippen LogP contribution in [0.1, 0.15) is 62.8 Å². The number of Topliss-reactive ketones (excluding diaryl/α,β-unsaturated/α-hetero) is 3. The maximum atomic E-state index is 13.5. The van der Waals surface area contributed by atoms with Crippen molar-refractivity contribution < 1.29 is 33.9 Å². The molecule has 15 heteroatoms. The molecule has 0 spiro atoms. The number of unbranched alkanes of at least 4 members (excludes halogenated alkanes) is 1. The van der Waals surface area contributed by atoms with Crippen molar-refractivity contribution in [3.63, 3.8) is 0 Å². The number of nitrogens with zero attached hydrogens (tertiary/aromatic N) is 2. The van der Waals surface area contributed by atoms with Gasteiger partial charge in [0, 0.05) is 49.5 Å². The standard InChI is InChI=1S/C38H52N8O7/c1-24(37(52)45-32(17-26-8-4-3-5-9-26)34(49)18-28(36(41)51)10-6-7-15-39)16-33(48)25(2)44-38(53)46(21-27-11-13-30(47)14-12-27)22-35(50)31(40)19-29-20-42-23-43-29/h3-5,8-9,11-14,20,23-25,28,31-32,47H,6-7,10,15-19,21-22,39-40H2,1-2H3,(H2,41,51)(H,42,43)(H,44,53)(H,45,52)/t24-,25+,28-,31+,32-/m1/s1. The minimum absolute atomic E-state index is 0.0190. The summed E-state index contributed by atoms with van der Waals surface area (Å²) in [5.74, 6) is -3.92. The molecule has 0 aliphatic carbocycles. The van der Waals surface area contributed by atoms with E-state index < -0.39 is 59.4 Å². The molecule has 0 unspecified atom stereocenters. The number of urea groups is 1. The fourth-order valence-corrected chi connectivity index (χ4v) is 5.68. The summed E-state index contributed by atoms with van der Waals surface area (Å²) in [5.41, 5.74) is 19.4. The summed E-state index contributed by atoms with van der Waals surface area (Å²) >= 11 is 0. The van der Waals surface area contributed by atoms with Crippen LogP contribution >= 0.6 is 0 Å². The highest BCUT2D eigenvalue weighted by molar-refractivity contribution is 5.95. The molecular formula is C38H52N8O7. The lowest BCUT2D eigenvalue weighted by atomic mass is 9.90. The van der Waals surface area contributed by atoms with Crippen molar-refractivity contribution in [2.24, 2.45) is 29.0 Å². The second-order valence-corrected chi connectivity index (χ2v) is 13.4. The zero-order valence-electron chi connectivity index (χ0n) is 30.3. The van der Waals surface area contributed by atoms with Gasteiger partial charge in [-0.3, -0.25) is 24.0 Å². The topological polar surface area (TPSA) is 257 Å². The molecule has 5 atom stereocenters. The molecule has 15 nitrogen and oxygen atoms in total. The highest BCUT2D eigenvalue weighted by atomic mass is 16.3. The summed E-state index contributed by atoms with van der Waals surface area (Å²) in [6.07, 6.45) is 4.69. The number of aromatic nitrogens is 2. The normalized spacial score (nSPS) is 13.9. The summed E-state index contributed by atoms with van der Waals surface area (Å²) in [5, 5.41) is 15.1. The van der Waals surface area contributed by atoms with Gasteiger partial charge < -0.3 is 42.8 Å². The molecule has 286 valence electrons. The largest absolute Gasteiger partial charge is 0.508 e. The van der Waals surface area contributed by atoms with Crippen LogP contribution in [0.15, 0.2) is 67.1 Å². The number of hydrogen-bond acceptors (Lipinski definition) is 10. The SMILES string of the molecule is C[C@H](CC(=O)[C@H](C)NC(=O)N(CC(=O)[C@@H](N)Cc1cnc[nH]1)Cc1ccc(O)cc1)C(=O)N[C@H](Cc1ccccc1)C(=O)C[C@@H](CCCCN)C(N)=O. The van der Waals surface area contributed by atoms with Crippen LogP contribution in [0.4, 0.5) is 4.79 Å². The van der Waals surface area contributed by atoms with E-state index in [0.29, 0.717) is 37.1 Å². The van der Waals surface area contributed by atoms with E-state index in [0.717, 1.165) is 5.56 Å². The molecule has 4 amide bonds. The van der Waals surface area contributed by atoms with Gasteiger partial charge in [-0.1, -0.05) is 55.8 Å². The van der Waals surface area contributed by atoms with Crippen LogP contribution in [-0.4, -0.2) is 86.4 Å². The van der Waals surface area contributed by atoms with Crippen LogP contribution in [0.3, 0.4) is 0 Å². The number of nitrogens with two attached hydrogens (primary N) is 3. The number of phenols is 1. The molecule has 0 fully saturated rings. The van der Waals surface area contributed by atoms with E-state index >= 15 is 0 Å². The molecule has 0 saturated carbocycles. The molecule has 0 aliphatic rings. The number of rotatable bonds is 23. The van der Waals surface area contributed by atoms with Crippen molar-refractivity contribution >= 4 is 35.2 Å². The number of imidazole rings is 1. The third-order valence-electron chi connectivity index (χ3n) is 8.97. The van der Waals surface area contributed by atoms with Crippen LogP contribution in [0, 0.1) is 11.8 Å². The van der Waals surface area contributed by atoms with E-state index in [1.54, 1.807) is 25.3 Å². The van der Waals surface area contributed by atoms with Crippen LogP contribution in [-0.2, 0) is 43.4 Å². The number of nitrogens with one attached hydrogen (secondary N) is 3. The van der Waals surface area contributed by atoms with Gasteiger partial charge in [0.2, 0.25) is 11.8 Å². The lowest BCUT2D eigenvalue weighted by Crippen LogP contribution is -2.50. The highest BCUT2D eigenvalue weighted by Gasteiger charge is 2.30. The number of carbonyl (C=O) groups is 6. The quantitative estimate of drug-likeness (QED) is 0.0694. The Morgan fingerprint density at radius 3 is 2.19 bits per heavy atom. The molecule has 1 heterocycles. The highest BCUT2D eigenvalue weighted by Crippen LogP contribution is 2.17. The maximum absolute atomic E-state index is 13.5. The number of carbonyl (C=O) groups excluding carboxylic acids is 6. The molecule has 10 N–H and O–H groups in total. The minimum atomic E-state index is -1.04. The Bertz CT molecular complexity index is 1650. The van der Waals surface area contributed by atoms with Crippen molar-refractivity contribution in [3.05, 3.63) is 83.9 Å². The number of benzene rings is 2. The van der Waals surface area contributed by atoms with Gasteiger partial charge in [-0.2, -0.15) is 0 Å². The van der Waals surface area contributed by atoms with Crippen LogP contribution < -0.4 is 27.8 Å². The lowest BCUT2D eigenvalue weighted by molar-refractivity contribution is -0.133. The van der Waals surface area contributed by atoms with Crippen molar-refractivity contribution in [3.8, 4) is 5.75 Å². The number of ketones is 3. The first-order valence-electron chi connectivity index (χ1n) is 17.7. The molecule has 0 aliphatic heterocycles. The monoisotopic (exact) mass is 732 g/mol. The summed E-state index contributed by atoms with van der Waals surface area (Å²) < 4.78 is 0.